The van der Waals surface area contributed by atoms with E-state index in [0.29, 0.717) is 13.0 Å². The second kappa shape index (κ2) is 5.96. The van der Waals surface area contributed by atoms with E-state index in [1.807, 2.05) is 19.9 Å². The molecule has 118 valence electrons. The molecule has 0 radical (unpaired) electrons. The molecule has 6 nitrogen and oxygen atoms in total. The molecule has 1 saturated heterocycles. The van der Waals surface area contributed by atoms with E-state index in [0.717, 1.165) is 42.2 Å². The molecule has 0 aromatic carbocycles. The molecular formula is C16H20N2O4. The summed E-state index contributed by atoms with van der Waals surface area (Å²) in [6.07, 6.45) is 2.82. The summed E-state index contributed by atoms with van der Waals surface area (Å²) in [6.45, 7) is 5.50. The SMILES string of the molecule is CCc1oc(C(=O)O)cc1CN1CCCC1c1cc(C)on1. The van der Waals surface area contributed by atoms with Gasteiger partial charge < -0.3 is 14.0 Å². The van der Waals surface area contributed by atoms with Gasteiger partial charge in [-0.05, 0) is 32.4 Å². The van der Waals surface area contributed by atoms with Crippen LogP contribution in [-0.2, 0) is 13.0 Å². The molecule has 1 N–H and O–H groups in total. The predicted octanol–water partition coefficient (Wildman–Crippen LogP) is 3.17. The summed E-state index contributed by atoms with van der Waals surface area (Å²) in [6, 6.07) is 3.84. The fourth-order valence-electron chi connectivity index (χ4n) is 3.12. The Bertz CT molecular complexity index is 673. The first kappa shape index (κ1) is 14.8. The van der Waals surface area contributed by atoms with E-state index in [1.54, 1.807) is 6.07 Å². The zero-order valence-electron chi connectivity index (χ0n) is 12.8. The van der Waals surface area contributed by atoms with E-state index >= 15 is 0 Å². The molecule has 0 saturated carbocycles. The first-order valence-electron chi connectivity index (χ1n) is 7.60. The van der Waals surface area contributed by atoms with E-state index in [-0.39, 0.29) is 11.8 Å². The van der Waals surface area contributed by atoms with Crippen molar-refractivity contribution in [2.24, 2.45) is 0 Å². The topological polar surface area (TPSA) is 79.7 Å². The molecule has 22 heavy (non-hydrogen) atoms. The molecule has 0 spiro atoms. The zero-order valence-corrected chi connectivity index (χ0v) is 12.8. The van der Waals surface area contributed by atoms with Gasteiger partial charge in [-0.3, -0.25) is 4.90 Å². The third kappa shape index (κ3) is 2.78. The van der Waals surface area contributed by atoms with Gasteiger partial charge in [-0.2, -0.15) is 0 Å². The Labute approximate surface area is 128 Å². The number of carboxylic acids is 1. The fraction of sp³-hybridized carbons (Fsp3) is 0.500. The number of furan rings is 1. The number of aromatic carboxylic acids is 1. The first-order chi connectivity index (χ1) is 10.6. The average Bonchev–Trinajstić information content (AvgIpc) is 3.18. The van der Waals surface area contributed by atoms with Crippen molar-refractivity contribution >= 4 is 5.97 Å². The van der Waals surface area contributed by atoms with Crippen molar-refractivity contribution in [2.75, 3.05) is 6.54 Å². The van der Waals surface area contributed by atoms with Crippen LogP contribution in [0, 0.1) is 6.92 Å². The molecule has 0 bridgehead atoms. The van der Waals surface area contributed by atoms with E-state index < -0.39 is 5.97 Å². The van der Waals surface area contributed by atoms with Crippen LogP contribution in [0.1, 0.15) is 59.1 Å². The van der Waals surface area contributed by atoms with Crippen molar-refractivity contribution in [1.29, 1.82) is 0 Å². The zero-order chi connectivity index (χ0) is 15.7. The second-order valence-electron chi connectivity index (χ2n) is 5.71. The maximum absolute atomic E-state index is 11.1. The molecule has 0 amide bonds. The van der Waals surface area contributed by atoms with E-state index in [1.165, 1.54) is 0 Å². The molecule has 6 heteroatoms. The Morgan fingerprint density at radius 2 is 2.32 bits per heavy atom. The molecule has 3 rings (SSSR count). The summed E-state index contributed by atoms with van der Waals surface area (Å²) in [5, 5.41) is 13.2. The van der Waals surface area contributed by atoms with Gasteiger partial charge in [0.1, 0.15) is 17.2 Å². The normalized spacial score (nSPS) is 18.9. The lowest BCUT2D eigenvalue weighted by atomic mass is 10.1. The van der Waals surface area contributed by atoms with Crippen molar-refractivity contribution in [3.05, 3.63) is 40.7 Å². The van der Waals surface area contributed by atoms with Crippen molar-refractivity contribution in [3.8, 4) is 0 Å². The first-order valence-corrected chi connectivity index (χ1v) is 7.60. The Kier molecular flexibility index (Phi) is 4.02. The molecule has 1 atom stereocenters. The number of hydrogen-bond donors (Lipinski definition) is 1. The van der Waals surface area contributed by atoms with Crippen LogP contribution >= 0.6 is 0 Å². The van der Waals surface area contributed by atoms with Crippen LogP contribution in [0.25, 0.3) is 0 Å². The van der Waals surface area contributed by atoms with E-state index in [2.05, 4.69) is 10.1 Å². The standard InChI is InChI=1S/C16H20N2O4/c1-3-14-11(8-15(21-14)16(19)20)9-18-6-4-5-13(18)12-7-10(2)22-17-12/h7-8,13H,3-6,9H2,1-2H3,(H,19,20). The third-order valence-electron chi connectivity index (χ3n) is 4.15. The second-order valence-corrected chi connectivity index (χ2v) is 5.71. The minimum atomic E-state index is -1.02. The molecule has 1 fully saturated rings. The number of rotatable bonds is 5. The molecule has 2 aromatic heterocycles. The maximum atomic E-state index is 11.1. The quantitative estimate of drug-likeness (QED) is 0.914. The minimum absolute atomic E-state index is 0.0138. The minimum Gasteiger partial charge on any atom is -0.475 e. The van der Waals surface area contributed by atoms with Crippen molar-refractivity contribution in [1.82, 2.24) is 10.1 Å². The highest BCUT2D eigenvalue weighted by Gasteiger charge is 2.29. The summed E-state index contributed by atoms with van der Waals surface area (Å²) in [5.74, 6) is 0.554. The molecule has 3 heterocycles. The monoisotopic (exact) mass is 304 g/mol. The lowest BCUT2D eigenvalue weighted by Crippen LogP contribution is -2.23. The van der Waals surface area contributed by atoms with Crippen molar-refractivity contribution in [2.45, 2.75) is 45.7 Å². The smallest absolute Gasteiger partial charge is 0.371 e. The van der Waals surface area contributed by atoms with Gasteiger partial charge in [-0.25, -0.2) is 4.79 Å². The number of carbonyl (C=O) groups is 1. The van der Waals surface area contributed by atoms with Gasteiger partial charge in [-0.15, -0.1) is 0 Å². The number of nitrogens with zero attached hydrogens (tertiary/aromatic N) is 2. The maximum Gasteiger partial charge on any atom is 0.371 e. The van der Waals surface area contributed by atoms with Crippen molar-refractivity contribution in [3.63, 3.8) is 0 Å². The highest BCUT2D eigenvalue weighted by atomic mass is 16.5. The number of likely N-dealkylation sites (tertiary alicyclic amines) is 1. The van der Waals surface area contributed by atoms with Gasteiger partial charge in [0.25, 0.3) is 0 Å². The summed E-state index contributed by atoms with van der Waals surface area (Å²) < 4.78 is 10.6. The van der Waals surface area contributed by atoms with Crippen LogP contribution in [0.2, 0.25) is 0 Å². The molecule has 1 aliphatic rings. The summed E-state index contributed by atoms with van der Waals surface area (Å²) >= 11 is 0. The van der Waals surface area contributed by atoms with Crippen molar-refractivity contribution < 1.29 is 18.8 Å². The van der Waals surface area contributed by atoms with Crippen LogP contribution in [0.15, 0.2) is 21.1 Å². The molecule has 1 aliphatic heterocycles. The Morgan fingerprint density at radius 3 is 2.95 bits per heavy atom. The molecule has 2 aromatic rings. The highest BCUT2D eigenvalue weighted by Crippen LogP contribution is 2.33. The Morgan fingerprint density at radius 1 is 1.50 bits per heavy atom. The van der Waals surface area contributed by atoms with Gasteiger partial charge in [0.15, 0.2) is 0 Å². The number of hydrogen-bond acceptors (Lipinski definition) is 5. The number of aryl methyl sites for hydroxylation is 2. The third-order valence-corrected chi connectivity index (χ3v) is 4.15. The Hall–Kier alpha value is -2.08. The van der Waals surface area contributed by atoms with Crippen LogP contribution in [-0.4, -0.2) is 27.7 Å². The van der Waals surface area contributed by atoms with E-state index in [4.69, 9.17) is 14.0 Å². The fourth-order valence-corrected chi connectivity index (χ4v) is 3.12. The average molecular weight is 304 g/mol. The number of carboxylic acid groups (broad SMARTS) is 1. The molecular weight excluding hydrogens is 284 g/mol. The predicted molar refractivity (Wildman–Crippen MR) is 78.7 cm³/mol. The van der Waals surface area contributed by atoms with Crippen LogP contribution in [0.3, 0.4) is 0 Å². The highest BCUT2D eigenvalue weighted by molar-refractivity contribution is 5.84. The van der Waals surface area contributed by atoms with Gasteiger partial charge in [-0.1, -0.05) is 12.1 Å². The number of aromatic nitrogens is 1. The lowest BCUT2D eigenvalue weighted by molar-refractivity contribution is 0.0660. The van der Waals surface area contributed by atoms with Gasteiger partial charge in [0, 0.05) is 24.6 Å². The summed E-state index contributed by atoms with van der Waals surface area (Å²) in [5.41, 5.74) is 1.90. The van der Waals surface area contributed by atoms with Crippen LogP contribution in [0.5, 0.6) is 0 Å². The van der Waals surface area contributed by atoms with Gasteiger partial charge in [0.2, 0.25) is 5.76 Å². The molecule has 0 aliphatic carbocycles. The van der Waals surface area contributed by atoms with Crippen LogP contribution in [0.4, 0.5) is 0 Å². The summed E-state index contributed by atoms with van der Waals surface area (Å²) in [7, 11) is 0. The van der Waals surface area contributed by atoms with Gasteiger partial charge in [0.05, 0.1) is 6.04 Å². The van der Waals surface area contributed by atoms with Gasteiger partial charge >= 0.3 is 5.97 Å². The van der Waals surface area contributed by atoms with Crippen LogP contribution < -0.4 is 0 Å². The lowest BCUT2D eigenvalue weighted by Gasteiger charge is -2.22. The Balaban J connectivity index is 1.81. The summed E-state index contributed by atoms with van der Waals surface area (Å²) in [4.78, 5) is 13.4. The largest absolute Gasteiger partial charge is 0.475 e. The van der Waals surface area contributed by atoms with E-state index in [9.17, 15) is 4.79 Å². The molecule has 1 unspecified atom stereocenters.